The molecule has 84 valence electrons. The highest BCUT2D eigenvalue weighted by Crippen LogP contribution is 2.08. The molecular weight excluding hydrogens is 206 g/mol. The predicted molar refractivity (Wildman–Crippen MR) is 58.5 cm³/mol. The summed E-state index contributed by atoms with van der Waals surface area (Å²) in [6.07, 6.45) is 1.05. The van der Waals surface area contributed by atoms with Gasteiger partial charge in [-0.2, -0.15) is 4.98 Å². The maximum absolute atomic E-state index is 9.05. The molecule has 0 bridgehead atoms. The van der Waals surface area contributed by atoms with E-state index < -0.39 is 6.10 Å². The van der Waals surface area contributed by atoms with Gasteiger partial charge in [0.1, 0.15) is 12.9 Å². The van der Waals surface area contributed by atoms with Gasteiger partial charge in [-0.05, 0) is 19.1 Å². The summed E-state index contributed by atoms with van der Waals surface area (Å²) in [5.41, 5.74) is 0.918. The van der Waals surface area contributed by atoms with Gasteiger partial charge in [0.15, 0.2) is 0 Å². The van der Waals surface area contributed by atoms with Crippen molar-refractivity contribution in [1.29, 1.82) is 0 Å². The molecule has 0 aliphatic heterocycles. The molecule has 2 aromatic rings. The number of aromatic nitrogens is 3. The van der Waals surface area contributed by atoms with Crippen LogP contribution in [-0.4, -0.2) is 32.6 Å². The molecule has 16 heavy (non-hydrogen) atoms. The summed E-state index contributed by atoms with van der Waals surface area (Å²) in [7, 11) is 0. The van der Waals surface area contributed by atoms with Gasteiger partial charge in [-0.3, -0.25) is 0 Å². The van der Waals surface area contributed by atoms with Gasteiger partial charge < -0.3 is 9.84 Å². The van der Waals surface area contributed by atoms with Gasteiger partial charge in [0.25, 0.3) is 0 Å². The molecule has 2 rings (SSSR count). The van der Waals surface area contributed by atoms with E-state index in [-0.39, 0.29) is 12.6 Å². The van der Waals surface area contributed by atoms with E-state index in [0.717, 1.165) is 5.69 Å². The molecular formula is C11H13N3O2. The fourth-order valence-corrected chi connectivity index (χ4v) is 1.21. The number of para-hydroxylation sites is 1. The van der Waals surface area contributed by atoms with Gasteiger partial charge in [0, 0.05) is 0 Å². The van der Waals surface area contributed by atoms with Crippen LogP contribution in [0.5, 0.6) is 6.01 Å². The molecule has 0 radical (unpaired) electrons. The summed E-state index contributed by atoms with van der Waals surface area (Å²) in [5, 5.41) is 13.2. The standard InChI is InChI=1S/C11H13N3O2/c1-9(15)7-16-11-12-8-14(13-11)10-5-3-2-4-6-10/h2-6,8-9,15H,7H2,1H3/t9-/m1/s1. The molecule has 5 heteroatoms. The number of ether oxygens (including phenoxy) is 1. The van der Waals surface area contributed by atoms with Crippen molar-refractivity contribution in [2.75, 3.05) is 6.61 Å². The summed E-state index contributed by atoms with van der Waals surface area (Å²) in [6.45, 7) is 1.84. The van der Waals surface area contributed by atoms with Crippen LogP contribution in [0.2, 0.25) is 0 Å². The highest BCUT2D eigenvalue weighted by Gasteiger charge is 2.04. The molecule has 1 heterocycles. The minimum Gasteiger partial charge on any atom is -0.460 e. The molecule has 0 spiro atoms. The fourth-order valence-electron chi connectivity index (χ4n) is 1.21. The Morgan fingerprint density at radius 2 is 2.12 bits per heavy atom. The first-order chi connectivity index (χ1) is 7.75. The summed E-state index contributed by atoms with van der Waals surface area (Å²) >= 11 is 0. The number of aliphatic hydroxyl groups excluding tert-OH is 1. The molecule has 0 amide bonds. The second kappa shape index (κ2) is 4.76. The second-order valence-electron chi connectivity index (χ2n) is 3.47. The zero-order valence-corrected chi connectivity index (χ0v) is 8.95. The first-order valence-electron chi connectivity index (χ1n) is 5.03. The summed E-state index contributed by atoms with van der Waals surface area (Å²) in [5.74, 6) is 0. The lowest BCUT2D eigenvalue weighted by Gasteiger charge is -2.03. The minimum absolute atomic E-state index is 0.193. The number of aliphatic hydroxyl groups is 1. The lowest BCUT2D eigenvalue weighted by atomic mass is 10.3. The van der Waals surface area contributed by atoms with E-state index in [2.05, 4.69) is 10.1 Å². The Morgan fingerprint density at radius 1 is 1.38 bits per heavy atom. The lowest BCUT2D eigenvalue weighted by Crippen LogP contribution is -2.13. The van der Waals surface area contributed by atoms with Crippen LogP contribution in [0.25, 0.3) is 5.69 Å². The molecule has 1 aromatic carbocycles. The molecule has 1 aromatic heterocycles. The van der Waals surface area contributed by atoms with Crippen LogP contribution in [0.15, 0.2) is 36.7 Å². The van der Waals surface area contributed by atoms with Gasteiger partial charge in [0.2, 0.25) is 0 Å². The van der Waals surface area contributed by atoms with Gasteiger partial charge in [-0.15, -0.1) is 5.10 Å². The zero-order chi connectivity index (χ0) is 11.4. The monoisotopic (exact) mass is 219 g/mol. The van der Waals surface area contributed by atoms with Crippen molar-refractivity contribution < 1.29 is 9.84 Å². The fraction of sp³-hybridized carbons (Fsp3) is 0.273. The number of rotatable bonds is 4. The minimum atomic E-state index is -0.524. The number of nitrogens with zero attached hydrogens (tertiary/aromatic N) is 3. The highest BCUT2D eigenvalue weighted by atomic mass is 16.5. The van der Waals surface area contributed by atoms with Crippen LogP contribution < -0.4 is 4.74 Å². The van der Waals surface area contributed by atoms with E-state index in [4.69, 9.17) is 9.84 Å². The molecule has 0 aliphatic rings. The number of hydrogen-bond acceptors (Lipinski definition) is 4. The Hall–Kier alpha value is -1.88. The van der Waals surface area contributed by atoms with Crippen molar-refractivity contribution in [2.45, 2.75) is 13.0 Å². The van der Waals surface area contributed by atoms with E-state index >= 15 is 0 Å². The number of benzene rings is 1. The topological polar surface area (TPSA) is 60.2 Å². The Bertz CT molecular complexity index is 440. The third-order valence-corrected chi connectivity index (χ3v) is 1.95. The van der Waals surface area contributed by atoms with E-state index in [0.29, 0.717) is 0 Å². The van der Waals surface area contributed by atoms with E-state index in [1.807, 2.05) is 30.3 Å². The molecule has 5 nitrogen and oxygen atoms in total. The maximum Gasteiger partial charge on any atom is 0.335 e. The molecule has 0 saturated heterocycles. The van der Waals surface area contributed by atoms with Gasteiger partial charge in [0.05, 0.1) is 11.8 Å². The van der Waals surface area contributed by atoms with Crippen LogP contribution in [0, 0.1) is 0 Å². The van der Waals surface area contributed by atoms with Crippen molar-refractivity contribution in [3.05, 3.63) is 36.7 Å². The summed E-state index contributed by atoms with van der Waals surface area (Å²) < 4.78 is 6.80. The average Bonchev–Trinajstić information content (AvgIpc) is 2.76. The highest BCUT2D eigenvalue weighted by molar-refractivity contribution is 5.29. The average molecular weight is 219 g/mol. The predicted octanol–water partition coefficient (Wildman–Crippen LogP) is 1.03. The van der Waals surface area contributed by atoms with Crippen molar-refractivity contribution in [2.24, 2.45) is 0 Å². The van der Waals surface area contributed by atoms with Crippen LogP contribution in [0.1, 0.15) is 6.92 Å². The first kappa shape index (κ1) is 10.6. The lowest BCUT2D eigenvalue weighted by molar-refractivity contribution is 0.117. The van der Waals surface area contributed by atoms with Crippen molar-refractivity contribution in [3.63, 3.8) is 0 Å². The normalized spacial score (nSPS) is 12.4. The first-order valence-corrected chi connectivity index (χ1v) is 5.03. The summed E-state index contributed by atoms with van der Waals surface area (Å²) in [6, 6.07) is 9.90. The van der Waals surface area contributed by atoms with Crippen molar-refractivity contribution >= 4 is 0 Å². The summed E-state index contributed by atoms with van der Waals surface area (Å²) in [4.78, 5) is 3.98. The smallest absolute Gasteiger partial charge is 0.335 e. The van der Waals surface area contributed by atoms with Crippen LogP contribution in [-0.2, 0) is 0 Å². The van der Waals surface area contributed by atoms with Crippen molar-refractivity contribution in [1.82, 2.24) is 14.8 Å². The molecule has 0 fully saturated rings. The zero-order valence-electron chi connectivity index (χ0n) is 8.95. The quantitative estimate of drug-likeness (QED) is 0.834. The Kier molecular flexibility index (Phi) is 3.16. The molecule has 0 unspecified atom stereocenters. The third kappa shape index (κ3) is 2.58. The molecule has 0 saturated carbocycles. The van der Waals surface area contributed by atoms with Crippen LogP contribution >= 0.6 is 0 Å². The third-order valence-electron chi connectivity index (χ3n) is 1.95. The Labute approximate surface area is 93.3 Å². The van der Waals surface area contributed by atoms with E-state index in [9.17, 15) is 0 Å². The second-order valence-corrected chi connectivity index (χ2v) is 3.47. The van der Waals surface area contributed by atoms with Crippen LogP contribution in [0.3, 0.4) is 0 Å². The van der Waals surface area contributed by atoms with E-state index in [1.165, 1.54) is 0 Å². The maximum atomic E-state index is 9.05. The Morgan fingerprint density at radius 3 is 2.81 bits per heavy atom. The largest absolute Gasteiger partial charge is 0.460 e. The SMILES string of the molecule is C[C@@H](O)COc1ncn(-c2ccccc2)n1. The van der Waals surface area contributed by atoms with Crippen LogP contribution in [0.4, 0.5) is 0 Å². The van der Waals surface area contributed by atoms with Gasteiger partial charge in [-0.1, -0.05) is 18.2 Å². The molecule has 1 N–H and O–H groups in total. The van der Waals surface area contributed by atoms with Gasteiger partial charge >= 0.3 is 6.01 Å². The number of hydrogen-bond donors (Lipinski definition) is 1. The molecule has 1 atom stereocenters. The molecule has 0 aliphatic carbocycles. The van der Waals surface area contributed by atoms with E-state index in [1.54, 1.807) is 17.9 Å². The Balaban J connectivity index is 2.08. The van der Waals surface area contributed by atoms with Gasteiger partial charge in [-0.25, -0.2) is 4.68 Å². The van der Waals surface area contributed by atoms with Crippen molar-refractivity contribution in [3.8, 4) is 11.7 Å².